The van der Waals surface area contributed by atoms with Crippen LogP contribution in [0.5, 0.6) is 0 Å². The Morgan fingerprint density at radius 2 is 1.95 bits per heavy atom. The molecule has 1 N–H and O–H groups in total. The maximum absolute atomic E-state index is 11.1. The van der Waals surface area contributed by atoms with E-state index < -0.39 is 5.97 Å². The molecule has 0 amide bonds. The van der Waals surface area contributed by atoms with Gasteiger partial charge in [-0.15, -0.1) is 0 Å². The molecule has 0 radical (unpaired) electrons. The first-order valence-electron chi connectivity index (χ1n) is 5.89. The number of carboxylic acid groups (broad SMARTS) is 1. The Balaban J connectivity index is 2.36. The Bertz CT molecular complexity index is 585. The van der Waals surface area contributed by atoms with Crippen LogP contribution in [0.2, 0.25) is 0 Å². The van der Waals surface area contributed by atoms with E-state index in [1.165, 1.54) is 11.8 Å². The Hall–Kier alpha value is -1.88. The maximum Gasteiger partial charge on any atom is 0.335 e. The highest BCUT2D eigenvalue weighted by molar-refractivity contribution is 7.99. The van der Waals surface area contributed by atoms with Gasteiger partial charge in [-0.2, -0.15) is 0 Å². The molecule has 5 heteroatoms. The van der Waals surface area contributed by atoms with Crippen LogP contribution in [0.4, 0.5) is 0 Å². The number of hydrogen-bond donors (Lipinski definition) is 1. The zero-order valence-electron chi connectivity index (χ0n) is 10.7. The van der Waals surface area contributed by atoms with E-state index in [9.17, 15) is 4.79 Å². The SMILES string of the molecule is CC(C)c1cc(C(=O)O)cc(Sc2ccncc2)n1. The molecule has 0 bridgehead atoms. The molecule has 19 heavy (non-hydrogen) atoms. The van der Waals surface area contributed by atoms with Crippen molar-refractivity contribution < 1.29 is 9.90 Å². The van der Waals surface area contributed by atoms with Crippen molar-refractivity contribution in [3.63, 3.8) is 0 Å². The smallest absolute Gasteiger partial charge is 0.335 e. The summed E-state index contributed by atoms with van der Waals surface area (Å²) in [4.78, 5) is 20.6. The van der Waals surface area contributed by atoms with E-state index in [0.717, 1.165) is 10.6 Å². The number of aromatic nitrogens is 2. The molecule has 0 spiro atoms. The fourth-order valence-electron chi connectivity index (χ4n) is 1.52. The number of carbonyl (C=O) groups is 1. The Kier molecular flexibility index (Phi) is 4.16. The number of hydrogen-bond acceptors (Lipinski definition) is 4. The third-order valence-electron chi connectivity index (χ3n) is 2.53. The third-order valence-corrected chi connectivity index (χ3v) is 3.46. The molecule has 0 aromatic carbocycles. The van der Waals surface area contributed by atoms with Gasteiger partial charge < -0.3 is 5.11 Å². The monoisotopic (exact) mass is 274 g/mol. The van der Waals surface area contributed by atoms with Gasteiger partial charge in [0.1, 0.15) is 5.03 Å². The summed E-state index contributed by atoms with van der Waals surface area (Å²) in [5.74, 6) is -0.739. The van der Waals surface area contributed by atoms with Crippen LogP contribution in [0.15, 0.2) is 46.6 Å². The average Bonchev–Trinajstić information content (AvgIpc) is 2.39. The van der Waals surface area contributed by atoms with Crippen LogP contribution < -0.4 is 0 Å². The van der Waals surface area contributed by atoms with Crippen LogP contribution in [0.1, 0.15) is 35.8 Å². The van der Waals surface area contributed by atoms with Gasteiger partial charge in [0.2, 0.25) is 0 Å². The van der Waals surface area contributed by atoms with Gasteiger partial charge in [0, 0.05) is 23.0 Å². The Morgan fingerprint density at radius 3 is 2.53 bits per heavy atom. The summed E-state index contributed by atoms with van der Waals surface area (Å²) in [5.41, 5.74) is 1.06. The fourth-order valence-corrected chi connectivity index (χ4v) is 2.36. The minimum absolute atomic E-state index is 0.191. The highest BCUT2D eigenvalue weighted by Gasteiger charge is 2.11. The molecule has 0 atom stereocenters. The predicted molar refractivity (Wildman–Crippen MR) is 73.6 cm³/mol. The van der Waals surface area contributed by atoms with Gasteiger partial charge in [-0.3, -0.25) is 4.98 Å². The first kappa shape index (κ1) is 13.5. The van der Waals surface area contributed by atoms with E-state index in [1.54, 1.807) is 24.5 Å². The first-order chi connectivity index (χ1) is 9.06. The normalized spacial score (nSPS) is 10.7. The predicted octanol–water partition coefficient (Wildman–Crippen LogP) is 3.45. The lowest BCUT2D eigenvalue weighted by Crippen LogP contribution is -2.02. The zero-order chi connectivity index (χ0) is 13.8. The topological polar surface area (TPSA) is 63.1 Å². The second-order valence-electron chi connectivity index (χ2n) is 4.36. The second-order valence-corrected chi connectivity index (χ2v) is 5.46. The van der Waals surface area contributed by atoms with Gasteiger partial charge in [-0.1, -0.05) is 25.6 Å². The highest BCUT2D eigenvalue weighted by Crippen LogP contribution is 2.28. The van der Waals surface area contributed by atoms with Crippen LogP contribution in [-0.4, -0.2) is 21.0 Å². The summed E-state index contributed by atoms with van der Waals surface area (Å²) in [7, 11) is 0. The minimum Gasteiger partial charge on any atom is -0.478 e. The first-order valence-corrected chi connectivity index (χ1v) is 6.71. The number of pyridine rings is 2. The largest absolute Gasteiger partial charge is 0.478 e. The van der Waals surface area contributed by atoms with Crippen LogP contribution in [0.3, 0.4) is 0 Å². The van der Waals surface area contributed by atoms with E-state index in [1.807, 2.05) is 26.0 Å². The molecule has 4 nitrogen and oxygen atoms in total. The molecule has 0 aliphatic heterocycles. The Labute approximate surface area is 115 Å². The molecular weight excluding hydrogens is 260 g/mol. The molecule has 2 rings (SSSR count). The molecule has 0 aliphatic rings. The van der Waals surface area contributed by atoms with Crippen molar-refractivity contribution in [1.82, 2.24) is 9.97 Å². The van der Waals surface area contributed by atoms with Crippen molar-refractivity contribution in [3.8, 4) is 0 Å². The highest BCUT2D eigenvalue weighted by atomic mass is 32.2. The molecule has 0 aliphatic carbocycles. The van der Waals surface area contributed by atoms with Crippen molar-refractivity contribution in [3.05, 3.63) is 47.9 Å². The van der Waals surface area contributed by atoms with Crippen molar-refractivity contribution in [2.45, 2.75) is 29.7 Å². The van der Waals surface area contributed by atoms with Gasteiger partial charge in [-0.25, -0.2) is 9.78 Å². The summed E-state index contributed by atoms with van der Waals surface area (Å²) in [6, 6.07) is 6.96. The summed E-state index contributed by atoms with van der Waals surface area (Å²) in [6.07, 6.45) is 3.40. The van der Waals surface area contributed by atoms with Gasteiger partial charge in [0.15, 0.2) is 0 Å². The van der Waals surface area contributed by atoms with Crippen molar-refractivity contribution in [2.24, 2.45) is 0 Å². The number of carboxylic acids is 1. The summed E-state index contributed by atoms with van der Waals surface area (Å²) in [5, 5.41) is 9.82. The number of rotatable bonds is 4. The zero-order valence-corrected chi connectivity index (χ0v) is 11.5. The lowest BCUT2D eigenvalue weighted by molar-refractivity contribution is 0.0696. The molecule has 2 heterocycles. The molecule has 2 aromatic rings. The van der Waals surface area contributed by atoms with E-state index >= 15 is 0 Å². The molecule has 0 fully saturated rings. The van der Waals surface area contributed by atoms with Crippen molar-refractivity contribution in [2.75, 3.05) is 0 Å². The van der Waals surface area contributed by atoms with Gasteiger partial charge in [0.25, 0.3) is 0 Å². The summed E-state index contributed by atoms with van der Waals surface area (Å²) < 4.78 is 0. The third kappa shape index (κ3) is 3.54. The summed E-state index contributed by atoms with van der Waals surface area (Å²) >= 11 is 1.44. The second kappa shape index (κ2) is 5.84. The standard InChI is InChI=1S/C14H14N2O2S/c1-9(2)12-7-10(14(17)18)8-13(16-12)19-11-3-5-15-6-4-11/h3-9H,1-2H3,(H,17,18). The van der Waals surface area contributed by atoms with Crippen LogP contribution >= 0.6 is 11.8 Å². The molecule has 98 valence electrons. The fraction of sp³-hybridized carbons (Fsp3) is 0.214. The quantitative estimate of drug-likeness (QED) is 0.925. The molecular formula is C14H14N2O2S. The lowest BCUT2D eigenvalue weighted by atomic mass is 10.1. The van der Waals surface area contributed by atoms with E-state index in [0.29, 0.717) is 5.03 Å². The average molecular weight is 274 g/mol. The number of aromatic carboxylic acids is 1. The van der Waals surface area contributed by atoms with Crippen LogP contribution in [0.25, 0.3) is 0 Å². The molecule has 0 saturated heterocycles. The molecule has 0 unspecified atom stereocenters. The van der Waals surface area contributed by atoms with E-state index in [4.69, 9.17) is 5.11 Å². The van der Waals surface area contributed by atoms with Crippen LogP contribution in [-0.2, 0) is 0 Å². The Morgan fingerprint density at radius 1 is 1.26 bits per heavy atom. The molecule has 0 saturated carbocycles. The maximum atomic E-state index is 11.1. The van der Waals surface area contributed by atoms with Crippen molar-refractivity contribution in [1.29, 1.82) is 0 Å². The van der Waals surface area contributed by atoms with E-state index in [-0.39, 0.29) is 11.5 Å². The van der Waals surface area contributed by atoms with Gasteiger partial charge in [-0.05, 0) is 30.2 Å². The van der Waals surface area contributed by atoms with Crippen LogP contribution in [0, 0.1) is 0 Å². The van der Waals surface area contributed by atoms with Crippen molar-refractivity contribution >= 4 is 17.7 Å². The summed E-state index contributed by atoms with van der Waals surface area (Å²) in [6.45, 7) is 3.99. The number of nitrogens with zero attached hydrogens (tertiary/aromatic N) is 2. The molecule has 2 aromatic heterocycles. The van der Waals surface area contributed by atoms with E-state index in [2.05, 4.69) is 9.97 Å². The minimum atomic E-state index is -0.930. The lowest BCUT2D eigenvalue weighted by Gasteiger charge is -2.09. The van der Waals surface area contributed by atoms with Gasteiger partial charge in [0.05, 0.1) is 5.56 Å². The van der Waals surface area contributed by atoms with Gasteiger partial charge >= 0.3 is 5.97 Å².